The molecule has 2 saturated heterocycles. The lowest BCUT2D eigenvalue weighted by atomic mass is 9.91. The van der Waals surface area contributed by atoms with Gasteiger partial charge in [0.15, 0.2) is 0 Å². The number of carbonyl (C=O) groups is 4. The van der Waals surface area contributed by atoms with E-state index in [1.165, 1.54) is 0 Å². The predicted molar refractivity (Wildman–Crippen MR) is 241 cm³/mol. The van der Waals surface area contributed by atoms with Crippen LogP contribution < -0.4 is 15.4 Å². The summed E-state index contributed by atoms with van der Waals surface area (Å²) in [5, 5.41) is 6.93. The molecule has 15 nitrogen and oxygen atoms in total. The number of H-pyrrole nitrogens is 1. The maximum Gasteiger partial charge on any atom is 0.274 e. The molecule has 2 fully saturated rings. The Morgan fingerprint density at radius 1 is 0.730 bits per heavy atom. The van der Waals surface area contributed by atoms with E-state index in [-0.39, 0.29) is 23.6 Å². The highest BCUT2D eigenvalue weighted by Crippen LogP contribution is 2.25. The largest absolute Gasteiger partial charge is 0.497 e. The normalized spacial score (nSPS) is 14.6. The fraction of sp³-hybridized carbons (Fsp3) is 0.417. The second kappa shape index (κ2) is 21.9. The average Bonchev–Trinajstić information content (AvgIpc) is 3.99. The van der Waals surface area contributed by atoms with Gasteiger partial charge in [-0.2, -0.15) is 0 Å². The number of aromatic nitrogens is 6. The van der Waals surface area contributed by atoms with Crippen molar-refractivity contribution in [3.05, 3.63) is 120 Å². The third kappa shape index (κ3) is 12.3. The molecule has 330 valence electrons. The number of ether oxygens (including phenoxy) is 1. The molecule has 0 atom stereocenters. The summed E-state index contributed by atoms with van der Waals surface area (Å²) in [6.45, 7) is 6.33. The van der Waals surface area contributed by atoms with Crippen LogP contribution in [0.4, 0.5) is 0 Å². The van der Waals surface area contributed by atoms with E-state index in [4.69, 9.17) is 4.74 Å². The summed E-state index contributed by atoms with van der Waals surface area (Å²) in [6.07, 6.45) is 22.4. The SMILES string of the molecule is COc1cccc(C(=O)N2CCC(CCCCNC(=O)c3ccc4nccn4c3)CC2)c1.Cc1cnc(C(=O)N2CCC(CCCCNC(=O)c3cc4cnccc4[nH]3)CC2)cn1. The number of nitrogens with one attached hydrogen (secondary N) is 3. The number of aromatic amines is 1. The lowest BCUT2D eigenvalue weighted by Gasteiger charge is -2.32. The lowest BCUT2D eigenvalue weighted by molar-refractivity contribution is 0.0674. The minimum absolute atomic E-state index is 0.0265. The van der Waals surface area contributed by atoms with Crippen molar-refractivity contribution in [2.75, 3.05) is 46.4 Å². The molecule has 0 unspecified atom stereocenters. The van der Waals surface area contributed by atoms with E-state index in [9.17, 15) is 19.2 Å². The van der Waals surface area contributed by atoms with Crippen LogP contribution in [0.15, 0.2) is 91.9 Å². The zero-order valence-electron chi connectivity index (χ0n) is 36.3. The van der Waals surface area contributed by atoms with Crippen molar-refractivity contribution in [3.8, 4) is 5.75 Å². The Labute approximate surface area is 368 Å². The van der Waals surface area contributed by atoms with Crippen LogP contribution in [-0.4, -0.2) is 109 Å². The van der Waals surface area contributed by atoms with Crippen molar-refractivity contribution in [2.45, 2.75) is 71.1 Å². The van der Waals surface area contributed by atoms with Gasteiger partial charge in [0.05, 0.1) is 24.6 Å². The second-order valence-electron chi connectivity index (χ2n) is 16.5. The number of hydrogen-bond donors (Lipinski definition) is 3. The highest BCUT2D eigenvalue weighted by atomic mass is 16.5. The first-order chi connectivity index (χ1) is 30.7. The number of fused-ring (bicyclic) bond motifs is 2. The Balaban J connectivity index is 0.000000189. The number of pyridine rings is 2. The number of rotatable bonds is 15. The molecule has 0 radical (unpaired) electrons. The molecule has 0 spiro atoms. The van der Waals surface area contributed by atoms with Crippen LogP contribution in [0.1, 0.15) is 112 Å². The van der Waals surface area contributed by atoms with Crippen LogP contribution in [-0.2, 0) is 0 Å². The van der Waals surface area contributed by atoms with E-state index in [1.54, 1.807) is 56.4 Å². The summed E-state index contributed by atoms with van der Waals surface area (Å²) < 4.78 is 7.07. The monoisotopic (exact) mass is 854 g/mol. The highest BCUT2D eigenvalue weighted by molar-refractivity contribution is 5.98. The molecule has 5 aromatic heterocycles. The van der Waals surface area contributed by atoms with Gasteiger partial charge in [0.1, 0.15) is 22.8 Å². The van der Waals surface area contributed by atoms with E-state index < -0.39 is 0 Å². The number of nitrogens with zero attached hydrogens (tertiary/aromatic N) is 7. The van der Waals surface area contributed by atoms with Crippen LogP contribution in [0.2, 0.25) is 0 Å². The number of likely N-dealkylation sites (tertiary alicyclic amines) is 2. The van der Waals surface area contributed by atoms with Crippen molar-refractivity contribution >= 4 is 40.2 Å². The molecule has 8 rings (SSSR count). The van der Waals surface area contributed by atoms with Crippen molar-refractivity contribution in [1.82, 2.24) is 49.8 Å². The van der Waals surface area contributed by atoms with Gasteiger partial charge >= 0.3 is 0 Å². The number of hydrogen-bond acceptors (Lipinski definition) is 9. The summed E-state index contributed by atoms with van der Waals surface area (Å²) in [6, 6.07) is 14.7. The van der Waals surface area contributed by atoms with E-state index in [0.717, 1.165) is 113 Å². The summed E-state index contributed by atoms with van der Waals surface area (Å²) in [7, 11) is 1.61. The van der Waals surface area contributed by atoms with E-state index in [0.29, 0.717) is 53.2 Å². The first kappa shape index (κ1) is 44.4. The predicted octanol–water partition coefficient (Wildman–Crippen LogP) is 6.91. The van der Waals surface area contributed by atoms with Crippen LogP contribution in [0.25, 0.3) is 16.6 Å². The minimum atomic E-state index is -0.0813. The number of unbranched alkanes of at least 4 members (excludes halogenated alkanes) is 2. The molecule has 0 bridgehead atoms. The zero-order chi connectivity index (χ0) is 44.0. The Kier molecular flexibility index (Phi) is 15.5. The molecule has 4 amide bonds. The van der Waals surface area contributed by atoms with Gasteiger partial charge in [-0.3, -0.25) is 29.1 Å². The summed E-state index contributed by atoms with van der Waals surface area (Å²) in [5.41, 5.74) is 4.88. The first-order valence-electron chi connectivity index (χ1n) is 22.2. The third-order valence-electron chi connectivity index (χ3n) is 12.1. The minimum Gasteiger partial charge on any atom is -0.497 e. The fourth-order valence-electron chi connectivity index (χ4n) is 8.32. The van der Waals surface area contributed by atoms with Crippen molar-refractivity contribution in [2.24, 2.45) is 11.8 Å². The van der Waals surface area contributed by atoms with Gasteiger partial charge in [-0.15, -0.1) is 0 Å². The number of imidazole rings is 1. The molecule has 0 saturated carbocycles. The number of carbonyl (C=O) groups excluding carboxylic acids is 4. The number of methoxy groups -OCH3 is 1. The van der Waals surface area contributed by atoms with Gasteiger partial charge in [-0.05, 0) is 99.7 Å². The number of piperidine rings is 2. The quantitative estimate of drug-likeness (QED) is 0.0926. The van der Waals surface area contributed by atoms with Crippen molar-refractivity contribution in [3.63, 3.8) is 0 Å². The highest BCUT2D eigenvalue weighted by Gasteiger charge is 2.25. The van der Waals surface area contributed by atoms with Crippen LogP contribution in [0, 0.1) is 18.8 Å². The molecule has 15 heteroatoms. The Bertz CT molecular complexity index is 2420. The Hall–Kier alpha value is -6.64. The van der Waals surface area contributed by atoms with Crippen LogP contribution >= 0.6 is 0 Å². The van der Waals surface area contributed by atoms with Gasteiger partial charge in [0.25, 0.3) is 23.6 Å². The van der Waals surface area contributed by atoms with Gasteiger partial charge in [0, 0.05) is 92.9 Å². The van der Waals surface area contributed by atoms with Crippen LogP contribution in [0.5, 0.6) is 5.75 Å². The molecule has 7 heterocycles. The molecule has 3 N–H and O–H groups in total. The molecular weight excluding hydrogens is 797 g/mol. The van der Waals surface area contributed by atoms with Crippen molar-refractivity contribution < 1.29 is 23.9 Å². The molecule has 6 aromatic rings. The fourth-order valence-corrected chi connectivity index (χ4v) is 8.32. The third-order valence-corrected chi connectivity index (χ3v) is 12.1. The zero-order valence-corrected chi connectivity index (χ0v) is 36.3. The molecule has 1 aromatic carbocycles. The number of benzene rings is 1. The standard InChI is InChI=1S/C25H30N4O3.C23H28N6O2/c1-32-22-7-4-6-20(17-22)25(31)28-14-10-19(11-15-28)5-2-3-12-27-24(30)21-8-9-23-26-13-16-29(23)18-21;1-16-13-27-21(15-26-16)23(31)29-10-6-17(7-11-29)4-2-3-8-25-22(30)20-12-18-14-24-9-5-19(18)28-20/h4,6-9,13,16-19H,2-3,5,10-12,14-15H2,1H3,(H,27,30);5,9,12-15,17,28H,2-4,6-8,10-11H2,1H3,(H,25,30). The molecular formula is C48H58N10O5. The Morgan fingerprint density at radius 2 is 1.43 bits per heavy atom. The van der Waals surface area contributed by atoms with Crippen molar-refractivity contribution in [1.29, 1.82) is 0 Å². The lowest BCUT2D eigenvalue weighted by Crippen LogP contribution is -2.39. The van der Waals surface area contributed by atoms with Crippen LogP contribution in [0.3, 0.4) is 0 Å². The first-order valence-corrected chi connectivity index (χ1v) is 22.2. The maximum atomic E-state index is 12.7. The Morgan fingerprint density at radius 3 is 2.10 bits per heavy atom. The number of aryl methyl sites for hydroxylation is 1. The molecule has 63 heavy (non-hydrogen) atoms. The second-order valence-corrected chi connectivity index (χ2v) is 16.5. The molecule has 2 aliphatic rings. The summed E-state index contributed by atoms with van der Waals surface area (Å²) in [5.74, 6) is 1.90. The molecule has 0 aliphatic carbocycles. The summed E-state index contributed by atoms with van der Waals surface area (Å²) >= 11 is 0. The van der Waals surface area contributed by atoms with E-state index >= 15 is 0 Å². The smallest absolute Gasteiger partial charge is 0.274 e. The van der Waals surface area contributed by atoms with Gasteiger partial charge in [-0.25, -0.2) is 9.97 Å². The topological polar surface area (TPSA) is 180 Å². The summed E-state index contributed by atoms with van der Waals surface area (Å²) in [4.78, 5) is 73.5. The van der Waals surface area contributed by atoms with Gasteiger partial charge in [-0.1, -0.05) is 31.7 Å². The average molecular weight is 855 g/mol. The van der Waals surface area contributed by atoms with Gasteiger partial charge in [0.2, 0.25) is 0 Å². The van der Waals surface area contributed by atoms with E-state index in [2.05, 4.69) is 35.6 Å². The maximum absolute atomic E-state index is 12.7. The van der Waals surface area contributed by atoms with E-state index in [1.807, 2.05) is 63.7 Å². The van der Waals surface area contributed by atoms with Gasteiger partial charge < -0.3 is 34.6 Å². The molecule has 2 aliphatic heterocycles. The number of amides is 4.